The van der Waals surface area contributed by atoms with E-state index in [0.717, 1.165) is 24.4 Å². The lowest BCUT2D eigenvalue weighted by Crippen LogP contribution is -2.35. The van der Waals surface area contributed by atoms with Gasteiger partial charge in [0, 0.05) is 25.4 Å². The molecule has 4 heteroatoms. The Balaban J connectivity index is 4.04. The second-order valence-electron chi connectivity index (χ2n) is 4.00. The third kappa shape index (κ3) is 8.77. The molecule has 17 heavy (non-hydrogen) atoms. The van der Waals surface area contributed by atoms with Gasteiger partial charge in [0.2, 0.25) is 0 Å². The van der Waals surface area contributed by atoms with Crippen molar-refractivity contribution in [2.24, 2.45) is 5.73 Å². The molecule has 1 unspecified atom stereocenters. The SMILES string of the molecule is C/C=C\CC(CO/C(C)=C(\C)N)NCCOC. The molecule has 4 nitrogen and oxygen atoms in total. The Kier molecular flexibility index (Phi) is 9.57. The standard InChI is InChI=1S/C13H26N2O2/c1-5-6-7-13(15-8-9-16-4)10-17-12(3)11(2)14/h5-6,13,15H,7-10,14H2,1-4H3/b6-5-,12-11+. The number of rotatable bonds is 9. The zero-order valence-corrected chi connectivity index (χ0v) is 11.5. The summed E-state index contributed by atoms with van der Waals surface area (Å²) in [6, 6.07) is 0.288. The van der Waals surface area contributed by atoms with Crippen LogP contribution in [-0.2, 0) is 9.47 Å². The topological polar surface area (TPSA) is 56.5 Å². The van der Waals surface area contributed by atoms with E-state index >= 15 is 0 Å². The molecule has 0 aliphatic carbocycles. The van der Waals surface area contributed by atoms with Crippen LogP contribution in [0, 0.1) is 0 Å². The number of hydrogen-bond acceptors (Lipinski definition) is 4. The van der Waals surface area contributed by atoms with E-state index in [1.165, 1.54) is 0 Å². The van der Waals surface area contributed by atoms with E-state index in [2.05, 4.69) is 11.4 Å². The molecule has 1 atom stereocenters. The fourth-order valence-electron chi connectivity index (χ4n) is 1.22. The Hall–Kier alpha value is -1.00. The van der Waals surface area contributed by atoms with E-state index in [9.17, 15) is 0 Å². The third-order valence-corrected chi connectivity index (χ3v) is 2.45. The van der Waals surface area contributed by atoms with E-state index < -0.39 is 0 Å². The van der Waals surface area contributed by atoms with Crippen molar-refractivity contribution in [2.75, 3.05) is 26.9 Å². The zero-order valence-electron chi connectivity index (χ0n) is 11.5. The van der Waals surface area contributed by atoms with E-state index in [1.54, 1.807) is 7.11 Å². The Morgan fingerprint density at radius 2 is 2.12 bits per heavy atom. The molecule has 0 saturated carbocycles. The summed E-state index contributed by atoms with van der Waals surface area (Å²) < 4.78 is 10.6. The van der Waals surface area contributed by atoms with Crippen LogP contribution in [0.5, 0.6) is 0 Å². The Morgan fingerprint density at radius 1 is 1.41 bits per heavy atom. The van der Waals surface area contributed by atoms with Crippen LogP contribution >= 0.6 is 0 Å². The summed E-state index contributed by atoms with van der Waals surface area (Å²) in [6.07, 6.45) is 5.11. The lowest BCUT2D eigenvalue weighted by atomic mass is 10.2. The lowest BCUT2D eigenvalue weighted by molar-refractivity contribution is 0.161. The van der Waals surface area contributed by atoms with Crippen molar-refractivity contribution in [2.45, 2.75) is 33.2 Å². The number of hydrogen-bond donors (Lipinski definition) is 2. The van der Waals surface area contributed by atoms with Crippen molar-refractivity contribution in [1.82, 2.24) is 5.32 Å². The van der Waals surface area contributed by atoms with Gasteiger partial charge in [0.1, 0.15) is 12.4 Å². The van der Waals surface area contributed by atoms with Crippen molar-refractivity contribution in [3.63, 3.8) is 0 Å². The van der Waals surface area contributed by atoms with Crippen molar-refractivity contribution in [3.05, 3.63) is 23.6 Å². The summed E-state index contributed by atoms with van der Waals surface area (Å²) in [4.78, 5) is 0. The first-order chi connectivity index (χ1) is 8.11. The molecule has 0 amide bonds. The van der Waals surface area contributed by atoms with Gasteiger partial charge in [-0.25, -0.2) is 0 Å². The maximum atomic E-state index is 5.64. The quantitative estimate of drug-likeness (QED) is 0.368. The molecule has 0 heterocycles. The normalized spacial score (nSPS) is 14.8. The molecule has 0 saturated heterocycles. The first kappa shape index (κ1) is 16.0. The summed E-state index contributed by atoms with van der Waals surface area (Å²) in [5.41, 5.74) is 6.37. The number of allylic oxidation sites excluding steroid dienone is 3. The van der Waals surface area contributed by atoms with Gasteiger partial charge in [0.25, 0.3) is 0 Å². The third-order valence-electron chi connectivity index (χ3n) is 2.45. The van der Waals surface area contributed by atoms with Crippen molar-refractivity contribution in [3.8, 4) is 0 Å². The Labute approximate surface area is 105 Å². The van der Waals surface area contributed by atoms with Crippen LogP contribution < -0.4 is 11.1 Å². The molecule has 0 fully saturated rings. The zero-order chi connectivity index (χ0) is 13.1. The molecule has 0 aromatic heterocycles. The van der Waals surface area contributed by atoms with Crippen LogP contribution in [0.15, 0.2) is 23.6 Å². The van der Waals surface area contributed by atoms with Gasteiger partial charge in [-0.15, -0.1) is 0 Å². The molecular weight excluding hydrogens is 216 g/mol. The number of nitrogens with two attached hydrogens (primary N) is 1. The average Bonchev–Trinajstić information content (AvgIpc) is 2.31. The van der Waals surface area contributed by atoms with E-state index in [1.807, 2.05) is 26.8 Å². The maximum Gasteiger partial charge on any atom is 0.111 e. The molecule has 0 aromatic carbocycles. The highest BCUT2D eigenvalue weighted by molar-refractivity contribution is 4.98. The smallest absolute Gasteiger partial charge is 0.111 e. The highest BCUT2D eigenvalue weighted by Crippen LogP contribution is 2.03. The van der Waals surface area contributed by atoms with Crippen molar-refractivity contribution >= 4 is 0 Å². The second-order valence-corrected chi connectivity index (χ2v) is 4.00. The van der Waals surface area contributed by atoms with Crippen LogP contribution in [0.25, 0.3) is 0 Å². The molecular formula is C13H26N2O2. The molecule has 0 aliphatic heterocycles. The minimum absolute atomic E-state index is 0.288. The second kappa shape index (κ2) is 10.2. The summed E-state index contributed by atoms with van der Waals surface area (Å²) >= 11 is 0. The predicted molar refractivity (Wildman–Crippen MR) is 71.6 cm³/mol. The predicted octanol–water partition coefficient (Wildman–Crippen LogP) is 1.78. The van der Waals surface area contributed by atoms with Gasteiger partial charge < -0.3 is 20.5 Å². The number of ether oxygens (including phenoxy) is 2. The van der Waals surface area contributed by atoms with Crippen molar-refractivity contribution < 1.29 is 9.47 Å². The summed E-state index contributed by atoms with van der Waals surface area (Å²) in [5, 5.41) is 3.39. The van der Waals surface area contributed by atoms with Gasteiger partial charge in [0.05, 0.1) is 6.61 Å². The minimum atomic E-state index is 0.288. The largest absolute Gasteiger partial charge is 0.495 e. The summed E-state index contributed by atoms with van der Waals surface area (Å²) in [6.45, 7) is 7.89. The first-order valence-electron chi connectivity index (χ1n) is 6.01. The average molecular weight is 242 g/mol. The molecule has 0 spiro atoms. The van der Waals surface area contributed by atoms with Gasteiger partial charge >= 0.3 is 0 Å². The van der Waals surface area contributed by atoms with E-state index in [0.29, 0.717) is 13.2 Å². The Bertz CT molecular complexity index is 246. The molecule has 0 radical (unpaired) electrons. The van der Waals surface area contributed by atoms with E-state index in [4.69, 9.17) is 15.2 Å². The van der Waals surface area contributed by atoms with Gasteiger partial charge in [0.15, 0.2) is 0 Å². The highest BCUT2D eigenvalue weighted by atomic mass is 16.5. The molecule has 100 valence electrons. The van der Waals surface area contributed by atoms with Crippen LogP contribution in [0.3, 0.4) is 0 Å². The lowest BCUT2D eigenvalue weighted by Gasteiger charge is -2.18. The Morgan fingerprint density at radius 3 is 2.65 bits per heavy atom. The number of methoxy groups -OCH3 is 1. The molecule has 0 rings (SSSR count). The van der Waals surface area contributed by atoms with Crippen LogP contribution in [-0.4, -0.2) is 32.9 Å². The minimum Gasteiger partial charge on any atom is -0.495 e. The first-order valence-corrected chi connectivity index (χ1v) is 6.01. The van der Waals surface area contributed by atoms with Crippen LogP contribution in [0.4, 0.5) is 0 Å². The monoisotopic (exact) mass is 242 g/mol. The van der Waals surface area contributed by atoms with Gasteiger partial charge in [-0.05, 0) is 27.2 Å². The fourth-order valence-corrected chi connectivity index (χ4v) is 1.22. The molecule has 3 N–H and O–H groups in total. The summed E-state index contributed by atoms with van der Waals surface area (Å²) in [5.74, 6) is 0.795. The van der Waals surface area contributed by atoms with Crippen molar-refractivity contribution in [1.29, 1.82) is 0 Å². The number of nitrogens with one attached hydrogen (secondary N) is 1. The van der Waals surface area contributed by atoms with Gasteiger partial charge in [-0.1, -0.05) is 12.2 Å². The fraction of sp³-hybridized carbons (Fsp3) is 0.692. The van der Waals surface area contributed by atoms with Gasteiger partial charge in [-0.3, -0.25) is 0 Å². The summed E-state index contributed by atoms with van der Waals surface area (Å²) in [7, 11) is 1.70. The van der Waals surface area contributed by atoms with Crippen LogP contribution in [0.2, 0.25) is 0 Å². The molecule has 0 aromatic rings. The molecule has 0 aliphatic rings. The van der Waals surface area contributed by atoms with Gasteiger partial charge in [-0.2, -0.15) is 0 Å². The van der Waals surface area contributed by atoms with Crippen LogP contribution in [0.1, 0.15) is 27.2 Å². The maximum absolute atomic E-state index is 5.64. The highest BCUT2D eigenvalue weighted by Gasteiger charge is 2.07. The van der Waals surface area contributed by atoms with E-state index in [-0.39, 0.29) is 6.04 Å². The molecule has 0 bridgehead atoms.